The lowest BCUT2D eigenvalue weighted by Gasteiger charge is -2.43. The van der Waals surface area contributed by atoms with Crippen molar-refractivity contribution in [3.8, 4) is 0 Å². The van der Waals surface area contributed by atoms with E-state index in [1.165, 1.54) is 6.92 Å². The molecule has 0 bridgehead atoms. The number of alkyl halides is 3. The standard InChI is InChI=1S/C24H26Cl3NO7/c1-15(29)33-20-19(30)18(14-31-12-16-8-4-2-5-9-16)34-22(35-23(28)24(25,26)27)21(20)32-13-17-10-6-3-7-11-17/h2-11,18-22,28,30H,12-14H2,1H3/t18?,19-,20?,21?,22-/m1/s1. The Bertz CT molecular complexity index is 959. The molecule has 1 aliphatic heterocycles. The van der Waals surface area contributed by atoms with Gasteiger partial charge < -0.3 is 28.8 Å². The summed E-state index contributed by atoms with van der Waals surface area (Å²) >= 11 is 17.4. The summed E-state index contributed by atoms with van der Waals surface area (Å²) in [6.07, 6.45) is -6.01. The third kappa shape index (κ3) is 8.32. The van der Waals surface area contributed by atoms with Gasteiger partial charge in [0.1, 0.15) is 12.2 Å². The van der Waals surface area contributed by atoms with Crippen LogP contribution < -0.4 is 0 Å². The van der Waals surface area contributed by atoms with E-state index < -0.39 is 46.4 Å². The summed E-state index contributed by atoms with van der Waals surface area (Å²) in [5.41, 5.74) is 1.73. The molecule has 0 spiro atoms. The van der Waals surface area contributed by atoms with E-state index >= 15 is 0 Å². The normalized spacial score (nSPS) is 24.5. The summed E-state index contributed by atoms with van der Waals surface area (Å²) in [7, 11) is 0. The van der Waals surface area contributed by atoms with Gasteiger partial charge in [-0.15, -0.1) is 0 Å². The number of esters is 1. The zero-order valence-electron chi connectivity index (χ0n) is 18.8. The molecule has 0 aliphatic carbocycles. The number of hydrogen-bond donors (Lipinski definition) is 2. The van der Waals surface area contributed by atoms with Crippen LogP contribution >= 0.6 is 34.8 Å². The summed E-state index contributed by atoms with van der Waals surface area (Å²) in [6, 6.07) is 18.6. The Morgan fingerprint density at radius 3 is 2.09 bits per heavy atom. The summed E-state index contributed by atoms with van der Waals surface area (Å²) < 4.78 is 26.3. The molecule has 3 unspecified atom stereocenters. The van der Waals surface area contributed by atoms with E-state index in [-0.39, 0.29) is 19.8 Å². The van der Waals surface area contributed by atoms with Gasteiger partial charge >= 0.3 is 5.97 Å². The van der Waals surface area contributed by atoms with Crippen molar-refractivity contribution >= 4 is 46.7 Å². The fourth-order valence-corrected chi connectivity index (χ4v) is 3.58. The zero-order valence-corrected chi connectivity index (χ0v) is 21.1. The maximum atomic E-state index is 11.9. The fraction of sp³-hybridized carbons (Fsp3) is 0.417. The first-order valence-electron chi connectivity index (χ1n) is 10.8. The molecular formula is C24H26Cl3NO7. The van der Waals surface area contributed by atoms with E-state index in [9.17, 15) is 9.90 Å². The van der Waals surface area contributed by atoms with Crippen LogP contribution in [0.4, 0.5) is 0 Å². The molecule has 190 valence electrons. The number of ether oxygens (including phenoxy) is 5. The van der Waals surface area contributed by atoms with Crippen molar-refractivity contribution in [3.05, 3.63) is 71.8 Å². The molecule has 1 saturated heterocycles. The topological polar surface area (TPSA) is 107 Å². The molecule has 0 saturated carbocycles. The van der Waals surface area contributed by atoms with Crippen LogP contribution in [-0.2, 0) is 41.7 Å². The van der Waals surface area contributed by atoms with Crippen LogP contribution in [-0.4, -0.2) is 58.1 Å². The Balaban J connectivity index is 1.79. The summed E-state index contributed by atoms with van der Waals surface area (Å²) in [5.74, 6) is -1.37. The first-order chi connectivity index (χ1) is 16.6. The Hall–Kier alpha value is -1.91. The minimum Gasteiger partial charge on any atom is -0.457 e. The molecule has 3 rings (SSSR count). The summed E-state index contributed by atoms with van der Waals surface area (Å²) in [4.78, 5) is 11.9. The molecule has 8 nitrogen and oxygen atoms in total. The van der Waals surface area contributed by atoms with Gasteiger partial charge in [-0.25, -0.2) is 0 Å². The number of carbonyl (C=O) groups is 1. The second kappa shape index (κ2) is 12.9. The minimum atomic E-state index is -2.17. The van der Waals surface area contributed by atoms with E-state index in [4.69, 9.17) is 63.9 Å². The van der Waals surface area contributed by atoms with Gasteiger partial charge in [0, 0.05) is 6.92 Å². The van der Waals surface area contributed by atoms with Gasteiger partial charge in [0.25, 0.3) is 3.79 Å². The molecule has 2 N–H and O–H groups in total. The predicted octanol–water partition coefficient (Wildman–Crippen LogP) is 4.17. The highest BCUT2D eigenvalue weighted by Crippen LogP contribution is 2.33. The van der Waals surface area contributed by atoms with E-state index in [1.54, 1.807) is 0 Å². The second-order valence-electron chi connectivity index (χ2n) is 7.81. The number of nitrogens with one attached hydrogen (secondary N) is 1. The van der Waals surface area contributed by atoms with Crippen LogP contribution in [0.2, 0.25) is 0 Å². The quantitative estimate of drug-likeness (QED) is 0.210. The molecule has 1 heterocycles. The maximum Gasteiger partial charge on any atom is 0.303 e. The maximum absolute atomic E-state index is 11.9. The van der Waals surface area contributed by atoms with Crippen LogP contribution in [0.15, 0.2) is 60.7 Å². The lowest BCUT2D eigenvalue weighted by molar-refractivity contribution is -0.298. The number of rotatable bonds is 9. The van der Waals surface area contributed by atoms with Gasteiger partial charge in [-0.3, -0.25) is 10.2 Å². The SMILES string of the molecule is CC(=O)OC1C(OCc2ccccc2)[C@@H](OC(=N)C(Cl)(Cl)Cl)OC(COCc2ccccc2)[C@H]1O. The Labute approximate surface area is 218 Å². The highest BCUT2D eigenvalue weighted by Gasteiger charge is 2.50. The van der Waals surface area contributed by atoms with Crippen molar-refractivity contribution < 1.29 is 33.6 Å². The van der Waals surface area contributed by atoms with Gasteiger partial charge in [0.15, 0.2) is 12.2 Å². The van der Waals surface area contributed by atoms with Crippen molar-refractivity contribution in [1.29, 1.82) is 5.41 Å². The number of aliphatic hydroxyl groups is 1. The predicted molar refractivity (Wildman–Crippen MR) is 130 cm³/mol. The molecule has 1 fully saturated rings. The van der Waals surface area contributed by atoms with Crippen molar-refractivity contribution in [2.24, 2.45) is 0 Å². The minimum absolute atomic E-state index is 0.0693. The van der Waals surface area contributed by atoms with Gasteiger partial charge in [0.05, 0.1) is 19.8 Å². The lowest BCUT2D eigenvalue weighted by Crippen LogP contribution is -2.62. The first-order valence-corrected chi connectivity index (χ1v) is 11.9. The molecule has 1 aliphatic rings. The molecule has 0 amide bonds. The highest BCUT2D eigenvalue weighted by molar-refractivity contribution is 6.76. The number of carbonyl (C=O) groups excluding carboxylic acids is 1. The molecule has 0 radical (unpaired) electrons. The van der Waals surface area contributed by atoms with Gasteiger partial charge in [-0.1, -0.05) is 95.5 Å². The third-order valence-electron chi connectivity index (χ3n) is 5.09. The smallest absolute Gasteiger partial charge is 0.303 e. The molecular weight excluding hydrogens is 521 g/mol. The average Bonchev–Trinajstić information content (AvgIpc) is 2.82. The summed E-state index contributed by atoms with van der Waals surface area (Å²) in [6.45, 7) is 1.47. The number of halogens is 3. The van der Waals surface area contributed by atoms with Gasteiger partial charge in [-0.05, 0) is 11.1 Å². The Morgan fingerprint density at radius 1 is 0.971 bits per heavy atom. The largest absolute Gasteiger partial charge is 0.457 e. The average molecular weight is 547 g/mol. The van der Waals surface area contributed by atoms with Crippen molar-refractivity contribution in [3.63, 3.8) is 0 Å². The molecule has 5 atom stereocenters. The van der Waals surface area contributed by atoms with Crippen molar-refractivity contribution in [2.45, 2.75) is 54.6 Å². The van der Waals surface area contributed by atoms with Crippen LogP contribution in [0.3, 0.4) is 0 Å². The lowest BCUT2D eigenvalue weighted by atomic mass is 9.98. The zero-order chi connectivity index (χ0) is 25.4. The van der Waals surface area contributed by atoms with E-state index in [1.807, 2.05) is 60.7 Å². The third-order valence-corrected chi connectivity index (χ3v) is 5.61. The Kier molecular flexibility index (Phi) is 10.2. The van der Waals surface area contributed by atoms with Crippen molar-refractivity contribution in [1.82, 2.24) is 0 Å². The van der Waals surface area contributed by atoms with Crippen LogP contribution in [0.1, 0.15) is 18.1 Å². The highest BCUT2D eigenvalue weighted by atomic mass is 35.6. The molecule has 0 aromatic heterocycles. The Morgan fingerprint density at radius 2 is 1.54 bits per heavy atom. The first kappa shape index (κ1) is 27.7. The number of hydrogen-bond acceptors (Lipinski definition) is 8. The summed E-state index contributed by atoms with van der Waals surface area (Å²) in [5, 5.41) is 19.0. The van der Waals surface area contributed by atoms with E-state index in [0.717, 1.165) is 11.1 Å². The van der Waals surface area contributed by atoms with Crippen LogP contribution in [0.5, 0.6) is 0 Å². The van der Waals surface area contributed by atoms with Gasteiger partial charge in [0.2, 0.25) is 12.2 Å². The van der Waals surface area contributed by atoms with Crippen LogP contribution in [0.25, 0.3) is 0 Å². The molecule has 11 heteroatoms. The fourth-order valence-electron chi connectivity index (χ4n) is 3.44. The van der Waals surface area contributed by atoms with Crippen LogP contribution in [0, 0.1) is 5.41 Å². The second-order valence-corrected chi connectivity index (χ2v) is 10.1. The van der Waals surface area contributed by atoms with Crippen molar-refractivity contribution in [2.75, 3.05) is 6.61 Å². The molecule has 2 aromatic rings. The molecule has 35 heavy (non-hydrogen) atoms. The van der Waals surface area contributed by atoms with E-state index in [2.05, 4.69) is 0 Å². The number of aliphatic hydroxyl groups excluding tert-OH is 1. The van der Waals surface area contributed by atoms with E-state index in [0.29, 0.717) is 0 Å². The molecule has 2 aromatic carbocycles. The number of benzene rings is 2. The monoisotopic (exact) mass is 545 g/mol. The van der Waals surface area contributed by atoms with Gasteiger partial charge in [-0.2, -0.15) is 0 Å².